The minimum Gasteiger partial charge on any atom is -0.493 e. The number of carbonyl (C=O) groups is 1. The first kappa shape index (κ1) is 25.2. The quantitative estimate of drug-likeness (QED) is 0.188. The van der Waals surface area contributed by atoms with Crippen LogP contribution >= 0.6 is 0 Å². The van der Waals surface area contributed by atoms with Gasteiger partial charge >= 0.3 is 5.91 Å². The molecule has 2 aromatic heterocycles. The molecule has 4 aromatic rings. The Morgan fingerprint density at radius 1 is 1.03 bits per heavy atom. The Balaban J connectivity index is 1.30. The van der Waals surface area contributed by atoms with Crippen molar-refractivity contribution < 1.29 is 23.4 Å². The van der Waals surface area contributed by atoms with Crippen molar-refractivity contribution in [2.45, 2.75) is 20.5 Å². The number of furan rings is 1. The maximum Gasteiger partial charge on any atom is 0.307 e. The lowest BCUT2D eigenvalue weighted by Crippen LogP contribution is -2.16. The molecule has 2 aromatic carbocycles. The Hall–Kier alpha value is -4.90. The molecular formula is C29H27N3O5. The number of benzene rings is 2. The van der Waals surface area contributed by atoms with Gasteiger partial charge < -0.3 is 23.2 Å². The van der Waals surface area contributed by atoms with Gasteiger partial charge in [-0.1, -0.05) is 5.92 Å². The van der Waals surface area contributed by atoms with Gasteiger partial charge in [0.15, 0.2) is 17.3 Å². The predicted octanol–water partition coefficient (Wildman–Crippen LogP) is 5.05. The number of amides is 1. The second-order valence-electron chi connectivity index (χ2n) is 8.10. The molecule has 1 amide bonds. The van der Waals surface area contributed by atoms with Gasteiger partial charge in [0.1, 0.15) is 24.7 Å². The fraction of sp³-hybridized carbons (Fsp3) is 0.172. The largest absolute Gasteiger partial charge is 0.493 e. The Kier molecular flexibility index (Phi) is 7.96. The monoisotopic (exact) mass is 497 g/mol. The Morgan fingerprint density at radius 2 is 1.78 bits per heavy atom. The molecule has 0 fully saturated rings. The maximum absolute atomic E-state index is 12.4. The van der Waals surface area contributed by atoms with Crippen LogP contribution in [0.4, 0.5) is 0 Å². The highest BCUT2D eigenvalue weighted by molar-refractivity contribution is 5.92. The number of hydrazone groups is 1. The number of rotatable bonds is 10. The van der Waals surface area contributed by atoms with E-state index in [-0.39, 0.29) is 19.0 Å². The number of aryl methyl sites for hydroxylation is 2. The molecule has 2 heterocycles. The Labute approximate surface area is 215 Å². The molecule has 0 unspecified atom stereocenters. The second kappa shape index (κ2) is 11.7. The zero-order valence-electron chi connectivity index (χ0n) is 20.9. The van der Waals surface area contributed by atoms with Crippen LogP contribution in [-0.4, -0.2) is 30.4 Å². The van der Waals surface area contributed by atoms with Crippen LogP contribution in [0.25, 0.3) is 5.69 Å². The first-order valence-electron chi connectivity index (χ1n) is 11.5. The van der Waals surface area contributed by atoms with E-state index in [4.69, 9.17) is 25.1 Å². The summed E-state index contributed by atoms with van der Waals surface area (Å²) in [5, 5.41) is 3.98. The van der Waals surface area contributed by atoms with E-state index in [2.05, 4.69) is 47.0 Å². The van der Waals surface area contributed by atoms with E-state index >= 15 is 0 Å². The van der Waals surface area contributed by atoms with Crippen molar-refractivity contribution in [1.82, 2.24) is 9.99 Å². The molecule has 37 heavy (non-hydrogen) atoms. The van der Waals surface area contributed by atoms with Crippen LogP contribution in [0.2, 0.25) is 0 Å². The highest BCUT2D eigenvalue weighted by Crippen LogP contribution is 2.27. The zero-order valence-corrected chi connectivity index (χ0v) is 20.9. The molecule has 8 nitrogen and oxygen atoms in total. The zero-order chi connectivity index (χ0) is 26.2. The molecule has 8 heteroatoms. The number of hydrogen-bond donors (Lipinski definition) is 1. The van der Waals surface area contributed by atoms with Crippen molar-refractivity contribution in [1.29, 1.82) is 0 Å². The summed E-state index contributed by atoms with van der Waals surface area (Å²) in [5.41, 5.74) is 6.55. The van der Waals surface area contributed by atoms with Gasteiger partial charge in [-0.25, -0.2) is 5.43 Å². The van der Waals surface area contributed by atoms with Crippen LogP contribution in [0.15, 0.2) is 76.2 Å². The smallest absolute Gasteiger partial charge is 0.307 e. The minimum atomic E-state index is -0.481. The third-order valence-corrected chi connectivity index (χ3v) is 5.51. The van der Waals surface area contributed by atoms with Gasteiger partial charge in [0, 0.05) is 17.1 Å². The van der Waals surface area contributed by atoms with E-state index in [0.29, 0.717) is 28.6 Å². The van der Waals surface area contributed by atoms with Crippen molar-refractivity contribution in [2.75, 3.05) is 13.7 Å². The SMILES string of the molecule is C#CCOc1ccc(C=NNC(=O)c2ccc(COc3ccc(-n4c(C)ccc4C)cc3)o2)cc1OC. The third-order valence-electron chi connectivity index (χ3n) is 5.51. The molecule has 0 atom stereocenters. The average Bonchev–Trinajstić information content (AvgIpc) is 3.53. The molecule has 0 aliphatic rings. The fourth-order valence-corrected chi connectivity index (χ4v) is 3.72. The van der Waals surface area contributed by atoms with Gasteiger partial charge in [0.25, 0.3) is 0 Å². The topological polar surface area (TPSA) is 87.2 Å². The van der Waals surface area contributed by atoms with Crippen molar-refractivity contribution >= 4 is 12.1 Å². The molecule has 0 radical (unpaired) electrons. The summed E-state index contributed by atoms with van der Waals surface area (Å²) in [4.78, 5) is 12.4. The summed E-state index contributed by atoms with van der Waals surface area (Å²) in [5.74, 6) is 4.29. The first-order chi connectivity index (χ1) is 18.0. The molecule has 4 rings (SSSR count). The molecule has 0 aliphatic heterocycles. The number of ether oxygens (including phenoxy) is 3. The van der Waals surface area contributed by atoms with E-state index in [1.54, 1.807) is 30.3 Å². The lowest BCUT2D eigenvalue weighted by atomic mass is 10.2. The summed E-state index contributed by atoms with van der Waals surface area (Å²) in [6, 6.07) is 20.5. The number of nitrogens with one attached hydrogen (secondary N) is 1. The summed E-state index contributed by atoms with van der Waals surface area (Å²) in [6.07, 6.45) is 6.71. The van der Waals surface area contributed by atoms with Crippen LogP contribution < -0.4 is 19.6 Å². The van der Waals surface area contributed by atoms with Crippen molar-refractivity contribution in [3.05, 3.63) is 95.2 Å². The average molecular weight is 498 g/mol. The highest BCUT2D eigenvalue weighted by Gasteiger charge is 2.11. The van der Waals surface area contributed by atoms with E-state index in [9.17, 15) is 4.79 Å². The van der Waals surface area contributed by atoms with Crippen molar-refractivity contribution in [3.63, 3.8) is 0 Å². The Bertz CT molecular complexity index is 1420. The molecule has 1 N–H and O–H groups in total. The summed E-state index contributed by atoms with van der Waals surface area (Å²) in [6.45, 7) is 4.46. The summed E-state index contributed by atoms with van der Waals surface area (Å²) >= 11 is 0. The Morgan fingerprint density at radius 3 is 2.49 bits per heavy atom. The van der Waals surface area contributed by atoms with Crippen LogP contribution in [0.5, 0.6) is 17.2 Å². The van der Waals surface area contributed by atoms with E-state index < -0.39 is 5.91 Å². The molecule has 0 saturated heterocycles. The number of hydrogen-bond acceptors (Lipinski definition) is 6. The van der Waals surface area contributed by atoms with Gasteiger partial charge in [-0.3, -0.25) is 4.79 Å². The van der Waals surface area contributed by atoms with Crippen LogP contribution in [-0.2, 0) is 6.61 Å². The number of terminal acetylenes is 1. The lowest BCUT2D eigenvalue weighted by molar-refractivity contribution is 0.0923. The van der Waals surface area contributed by atoms with E-state index in [0.717, 1.165) is 5.69 Å². The molecule has 0 bridgehead atoms. The standard InChI is InChI=1S/C29H27N3O5/c1-5-16-35-26-14-8-22(17-28(26)34-4)18-30-31-29(33)27-15-13-25(37-27)19-36-24-11-9-23(10-12-24)32-20(2)6-7-21(32)3/h1,6-15,17-18H,16,19H2,2-4H3,(H,31,33). The van der Waals surface area contributed by atoms with Crippen molar-refractivity contribution in [2.24, 2.45) is 5.10 Å². The molecular weight excluding hydrogens is 470 g/mol. The number of methoxy groups -OCH3 is 1. The van der Waals surface area contributed by atoms with Gasteiger partial charge in [0.05, 0.1) is 13.3 Å². The third kappa shape index (κ3) is 6.21. The van der Waals surface area contributed by atoms with Gasteiger partial charge in [-0.15, -0.1) is 6.42 Å². The van der Waals surface area contributed by atoms with Gasteiger partial charge in [0.2, 0.25) is 0 Å². The molecule has 0 aliphatic carbocycles. The van der Waals surface area contributed by atoms with Crippen LogP contribution in [0.1, 0.15) is 33.3 Å². The normalized spacial score (nSPS) is 10.8. The van der Waals surface area contributed by atoms with Gasteiger partial charge in [-0.05, 0) is 86.1 Å². The maximum atomic E-state index is 12.4. The number of aromatic nitrogens is 1. The summed E-state index contributed by atoms with van der Waals surface area (Å²) in [7, 11) is 1.53. The fourth-order valence-electron chi connectivity index (χ4n) is 3.72. The predicted molar refractivity (Wildman–Crippen MR) is 141 cm³/mol. The van der Waals surface area contributed by atoms with Gasteiger partial charge in [-0.2, -0.15) is 5.10 Å². The molecule has 188 valence electrons. The highest BCUT2D eigenvalue weighted by atomic mass is 16.5. The van der Waals surface area contributed by atoms with E-state index in [1.807, 2.05) is 24.3 Å². The first-order valence-corrected chi connectivity index (χ1v) is 11.5. The lowest BCUT2D eigenvalue weighted by Gasteiger charge is -2.10. The minimum absolute atomic E-state index is 0.125. The van der Waals surface area contributed by atoms with Crippen LogP contribution in [0, 0.1) is 26.2 Å². The number of carbonyl (C=O) groups excluding carboxylic acids is 1. The van der Waals surface area contributed by atoms with Crippen molar-refractivity contribution in [3.8, 4) is 35.3 Å². The molecule has 0 spiro atoms. The second-order valence-corrected chi connectivity index (χ2v) is 8.10. The van der Waals surface area contributed by atoms with E-state index in [1.165, 1.54) is 24.7 Å². The van der Waals surface area contributed by atoms with Crippen LogP contribution in [0.3, 0.4) is 0 Å². The number of nitrogens with zero attached hydrogens (tertiary/aromatic N) is 2. The molecule has 0 saturated carbocycles. The summed E-state index contributed by atoms with van der Waals surface area (Å²) < 4.78 is 24.3.